The van der Waals surface area contributed by atoms with E-state index >= 15 is 0 Å². The van der Waals surface area contributed by atoms with E-state index < -0.39 is 0 Å². The topological polar surface area (TPSA) is 54.9 Å². The molecule has 2 rings (SSSR count). The molecule has 0 bridgehead atoms. The zero-order valence-corrected chi connectivity index (χ0v) is 7.94. The van der Waals surface area contributed by atoms with E-state index in [1.54, 1.807) is 0 Å². The van der Waals surface area contributed by atoms with E-state index in [-0.39, 0.29) is 0 Å². The quantitative estimate of drug-likeness (QED) is 0.738. The number of aromatic nitrogens is 2. The number of nitrogens with zero attached hydrogens (tertiary/aromatic N) is 2. The molecule has 1 N–H and O–H groups in total. The van der Waals surface area contributed by atoms with E-state index in [0.717, 1.165) is 6.29 Å². The molecule has 1 aliphatic rings. The van der Waals surface area contributed by atoms with Crippen molar-refractivity contribution in [2.24, 2.45) is 0 Å². The van der Waals surface area contributed by atoms with Gasteiger partial charge in [0.1, 0.15) is 0 Å². The first kappa shape index (κ1) is 9.12. The highest BCUT2D eigenvalue weighted by Crippen LogP contribution is 2.20. The highest BCUT2D eigenvalue weighted by atomic mass is 16.1. The lowest BCUT2D eigenvalue weighted by Crippen LogP contribution is -2.16. The SMILES string of the molecule is O=Cc1cnc(NC2CCCC2)nc1. The fourth-order valence-corrected chi connectivity index (χ4v) is 1.73. The molecule has 1 aromatic heterocycles. The molecule has 1 aromatic rings. The molecule has 1 aliphatic carbocycles. The Hall–Kier alpha value is -1.45. The van der Waals surface area contributed by atoms with Crippen LogP contribution in [0.3, 0.4) is 0 Å². The van der Waals surface area contributed by atoms with Gasteiger partial charge in [-0.25, -0.2) is 9.97 Å². The standard InChI is InChI=1S/C10H13N3O/c14-7-8-5-11-10(12-6-8)13-9-3-1-2-4-9/h5-7,9H,1-4H2,(H,11,12,13). The van der Waals surface area contributed by atoms with Crippen molar-refractivity contribution in [2.45, 2.75) is 31.7 Å². The third-order valence-electron chi connectivity index (χ3n) is 2.50. The molecule has 0 atom stereocenters. The minimum atomic E-state index is 0.511. The number of anilines is 1. The molecule has 1 saturated carbocycles. The summed E-state index contributed by atoms with van der Waals surface area (Å²) in [5.41, 5.74) is 0.516. The van der Waals surface area contributed by atoms with Crippen LogP contribution in [0.5, 0.6) is 0 Å². The average molecular weight is 191 g/mol. The molecule has 0 aromatic carbocycles. The largest absolute Gasteiger partial charge is 0.351 e. The lowest BCUT2D eigenvalue weighted by molar-refractivity contribution is 0.112. The number of hydrogen-bond acceptors (Lipinski definition) is 4. The van der Waals surface area contributed by atoms with Crippen LogP contribution in [-0.2, 0) is 0 Å². The third-order valence-corrected chi connectivity index (χ3v) is 2.50. The molecule has 4 heteroatoms. The number of nitrogens with one attached hydrogen (secondary N) is 1. The summed E-state index contributed by atoms with van der Waals surface area (Å²) in [6.45, 7) is 0. The summed E-state index contributed by atoms with van der Waals surface area (Å²) >= 11 is 0. The molecule has 0 amide bonds. The first-order valence-electron chi connectivity index (χ1n) is 4.92. The van der Waals surface area contributed by atoms with Gasteiger partial charge in [-0.15, -0.1) is 0 Å². The molecular formula is C10H13N3O. The molecule has 0 spiro atoms. The molecule has 0 saturated heterocycles. The van der Waals surface area contributed by atoms with Crippen molar-refractivity contribution in [3.05, 3.63) is 18.0 Å². The Kier molecular flexibility index (Phi) is 2.72. The van der Waals surface area contributed by atoms with Crippen LogP contribution in [0.15, 0.2) is 12.4 Å². The van der Waals surface area contributed by atoms with Crippen LogP contribution in [-0.4, -0.2) is 22.3 Å². The van der Waals surface area contributed by atoms with Crippen LogP contribution in [0.2, 0.25) is 0 Å². The third kappa shape index (κ3) is 2.07. The molecule has 0 unspecified atom stereocenters. The summed E-state index contributed by atoms with van der Waals surface area (Å²) in [6.07, 6.45) is 8.78. The highest BCUT2D eigenvalue weighted by molar-refractivity contribution is 5.73. The zero-order chi connectivity index (χ0) is 9.80. The number of carbonyl (C=O) groups is 1. The Morgan fingerprint density at radius 3 is 2.50 bits per heavy atom. The van der Waals surface area contributed by atoms with Gasteiger partial charge in [0.25, 0.3) is 0 Å². The van der Waals surface area contributed by atoms with Crippen LogP contribution in [0, 0.1) is 0 Å². The number of carbonyl (C=O) groups excluding carboxylic acids is 1. The van der Waals surface area contributed by atoms with Crippen molar-refractivity contribution in [1.29, 1.82) is 0 Å². The lowest BCUT2D eigenvalue weighted by atomic mass is 10.2. The van der Waals surface area contributed by atoms with Gasteiger partial charge in [-0.2, -0.15) is 0 Å². The summed E-state index contributed by atoms with van der Waals surface area (Å²) in [5.74, 6) is 0.627. The second-order valence-electron chi connectivity index (χ2n) is 3.58. The van der Waals surface area contributed by atoms with Gasteiger partial charge in [-0.1, -0.05) is 12.8 Å². The van der Waals surface area contributed by atoms with Crippen LogP contribution in [0.4, 0.5) is 5.95 Å². The summed E-state index contributed by atoms with van der Waals surface area (Å²) in [6, 6.07) is 0.511. The first-order valence-corrected chi connectivity index (χ1v) is 4.92. The Morgan fingerprint density at radius 1 is 1.29 bits per heavy atom. The monoisotopic (exact) mass is 191 g/mol. The van der Waals surface area contributed by atoms with Crippen molar-refractivity contribution in [3.63, 3.8) is 0 Å². The zero-order valence-electron chi connectivity index (χ0n) is 7.94. The molecule has 0 aliphatic heterocycles. The second-order valence-corrected chi connectivity index (χ2v) is 3.58. The Balaban J connectivity index is 1.98. The van der Waals surface area contributed by atoms with E-state index in [1.807, 2.05) is 0 Å². The van der Waals surface area contributed by atoms with Crippen LogP contribution in [0.1, 0.15) is 36.0 Å². The lowest BCUT2D eigenvalue weighted by Gasteiger charge is -2.10. The second kappa shape index (κ2) is 4.17. The van der Waals surface area contributed by atoms with Gasteiger partial charge in [-0.05, 0) is 12.8 Å². The smallest absolute Gasteiger partial charge is 0.222 e. The fourth-order valence-electron chi connectivity index (χ4n) is 1.73. The molecule has 1 heterocycles. The average Bonchev–Trinajstić information content (AvgIpc) is 2.72. The Morgan fingerprint density at radius 2 is 1.93 bits per heavy atom. The summed E-state index contributed by atoms with van der Waals surface area (Å²) < 4.78 is 0. The van der Waals surface area contributed by atoms with Gasteiger partial charge < -0.3 is 5.32 Å². The van der Waals surface area contributed by atoms with Gasteiger partial charge in [0.15, 0.2) is 6.29 Å². The minimum Gasteiger partial charge on any atom is -0.351 e. The van der Waals surface area contributed by atoms with Gasteiger partial charge in [0.05, 0.1) is 5.56 Å². The van der Waals surface area contributed by atoms with Crippen molar-refractivity contribution in [2.75, 3.05) is 5.32 Å². The summed E-state index contributed by atoms with van der Waals surface area (Å²) in [5, 5.41) is 3.25. The van der Waals surface area contributed by atoms with E-state index in [1.165, 1.54) is 38.1 Å². The van der Waals surface area contributed by atoms with Crippen molar-refractivity contribution in [1.82, 2.24) is 9.97 Å². The normalized spacial score (nSPS) is 16.9. The minimum absolute atomic E-state index is 0.511. The first-order chi connectivity index (χ1) is 6.88. The van der Waals surface area contributed by atoms with Crippen molar-refractivity contribution < 1.29 is 4.79 Å². The van der Waals surface area contributed by atoms with Gasteiger partial charge in [0, 0.05) is 18.4 Å². The Labute approximate surface area is 82.8 Å². The summed E-state index contributed by atoms with van der Waals surface area (Å²) in [7, 11) is 0. The van der Waals surface area contributed by atoms with Gasteiger partial charge in [0.2, 0.25) is 5.95 Å². The maximum Gasteiger partial charge on any atom is 0.222 e. The van der Waals surface area contributed by atoms with Gasteiger partial charge >= 0.3 is 0 Å². The molecule has 4 nitrogen and oxygen atoms in total. The van der Waals surface area contributed by atoms with E-state index in [2.05, 4.69) is 15.3 Å². The van der Waals surface area contributed by atoms with E-state index in [9.17, 15) is 4.79 Å². The van der Waals surface area contributed by atoms with Crippen molar-refractivity contribution >= 4 is 12.2 Å². The maximum absolute atomic E-state index is 10.4. The maximum atomic E-state index is 10.4. The Bertz CT molecular complexity index is 304. The summed E-state index contributed by atoms with van der Waals surface area (Å²) in [4.78, 5) is 18.5. The van der Waals surface area contributed by atoms with Gasteiger partial charge in [-0.3, -0.25) is 4.79 Å². The number of hydrogen-bond donors (Lipinski definition) is 1. The molecule has 74 valence electrons. The molecule has 14 heavy (non-hydrogen) atoms. The van der Waals surface area contributed by atoms with Crippen LogP contribution >= 0.6 is 0 Å². The van der Waals surface area contributed by atoms with E-state index in [0.29, 0.717) is 17.6 Å². The predicted octanol–water partition coefficient (Wildman–Crippen LogP) is 1.64. The number of aldehydes is 1. The fraction of sp³-hybridized carbons (Fsp3) is 0.500. The van der Waals surface area contributed by atoms with Crippen LogP contribution < -0.4 is 5.32 Å². The molecular weight excluding hydrogens is 178 g/mol. The van der Waals surface area contributed by atoms with E-state index in [4.69, 9.17) is 0 Å². The molecule has 1 fully saturated rings. The molecule has 0 radical (unpaired) electrons. The highest BCUT2D eigenvalue weighted by Gasteiger charge is 2.15. The van der Waals surface area contributed by atoms with Crippen molar-refractivity contribution in [3.8, 4) is 0 Å². The predicted molar refractivity (Wildman–Crippen MR) is 53.3 cm³/mol. The number of rotatable bonds is 3. The van der Waals surface area contributed by atoms with Crippen LogP contribution in [0.25, 0.3) is 0 Å².